The lowest BCUT2D eigenvalue weighted by molar-refractivity contribution is 0.480. The second-order valence-electron chi connectivity index (χ2n) is 4.15. The van der Waals surface area contributed by atoms with Crippen LogP contribution >= 0.6 is 0 Å². The Morgan fingerprint density at radius 2 is 2.14 bits per heavy atom. The Bertz CT molecular complexity index is 316. The van der Waals surface area contributed by atoms with Gasteiger partial charge in [-0.05, 0) is 31.9 Å². The van der Waals surface area contributed by atoms with Crippen molar-refractivity contribution >= 4 is 0 Å². The molecule has 2 N–H and O–H groups in total. The monoisotopic (exact) mass is 196 g/mol. The smallest absolute Gasteiger partial charge is 0.146 e. The van der Waals surface area contributed by atoms with Crippen molar-refractivity contribution in [1.82, 2.24) is 4.98 Å². The van der Waals surface area contributed by atoms with Crippen molar-refractivity contribution in [3.8, 4) is 0 Å². The number of aryl methyl sites for hydroxylation is 1. The highest BCUT2D eigenvalue weighted by atomic mass is 19.1. The lowest BCUT2D eigenvalue weighted by atomic mass is 10.00. The molecule has 78 valence electrons. The van der Waals surface area contributed by atoms with E-state index >= 15 is 0 Å². The van der Waals surface area contributed by atoms with Crippen LogP contribution in [-0.4, -0.2) is 4.98 Å². The molecule has 0 aliphatic heterocycles. The Morgan fingerprint density at radius 3 is 2.57 bits per heavy atom. The van der Waals surface area contributed by atoms with Crippen LogP contribution in [0.4, 0.5) is 4.39 Å². The largest absolute Gasteiger partial charge is 0.320 e. The van der Waals surface area contributed by atoms with Gasteiger partial charge in [0.15, 0.2) is 0 Å². The third kappa shape index (κ3) is 2.51. The summed E-state index contributed by atoms with van der Waals surface area (Å²) in [5.74, 6) is -0.302. The van der Waals surface area contributed by atoms with Crippen molar-refractivity contribution in [3.05, 3.63) is 29.3 Å². The van der Waals surface area contributed by atoms with Gasteiger partial charge in [-0.2, -0.15) is 0 Å². The standard InChI is InChI=1S/C11H17FN2/c1-4-5-8-6-9(12)10(14-7-8)11(2,3)13/h6-7H,4-5,13H2,1-3H3. The molecule has 0 aliphatic carbocycles. The van der Waals surface area contributed by atoms with E-state index in [0.29, 0.717) is 5.69 Å². The van der Waals surface area contributed by atoms with E-state index < -0.39 is 5.54 Å². The molecule has 14 heavy (non-hydrogen) atoms. The van der Waals surface area contributed by atoms with Gasteiger partial charge in [0.25, 0.3) is 0 Å². The molecule has 1 aromatic heterocycles. The fourth-order valence-corrected chi connectivity index (χ4v) is 1.38. The Kier molecular flexibility index (Phi) is 3.21. The maximum absolute atomic E-state index is 13.5. The molecular weight excluding hydrogens is 179 g/mol. The van der Waals surface area contributed by atoms with Crippen LogP contribution in [0, 0.1) is 5.82 Å². The summed E-state index contributed by atoms with van der Waals surface area (Å²) in [6.07, 6.45) is 3.55. The minimum absolute atomic E-state index is 0.302. The van der Waals surface area contributed by atoms with E-state index in [2.05, 4.69) is 11.9 Å². The molecule has 0 saturated heterocycles. The molecule has 0 amide bonds. The first-order valence-corrected chi connectivity index (χ1v) is 4.89. The lowest BCUT2D eigenvalue weighted by Gasteiger charge is -2.18. The van der Waals surface area contributed by atoms with E-state index in [0.717, 1.165) is 18.4 Å². The van der Waals surface area contributed by atoms with Crippen molar-refractivity contribution in [2.75, 3.05) is 0 Å². The van der Waals surface area contributed by atoms with Gasteiger partial charge in [0.05, 0.1) is 11.2 Å². The molecule has 0 aromatic carbocycles. The molecule has 0 bridgehead atoms. The zero-order chi connectivity index (χ0) is 10.8. The molecule has 1 heterocycles. The molecular formula is C11H17FN2. The molecule has 2 nitrogen and oxygen atoms in total. The minimum atomic E-state index is -0.713. The number of nitrogens with zero attached hydrogens (tertiary/aromatic N) is 1. The summed E-state index contributed by atoms with van der Waals surface area (Å²) in [6.45, 7) is 5.55. The molecule has 0 aliphatic rings. The normalized spacial score (nSPS) is 11.8. The van der Waals surface area contributed by atoms with E-state index in [1.54, 1.807) is 20.0 Å². The topological polar surface area (TPSA) is 38.9 Å². The van der Waals surface area contributed by atoms with Gasteiger partial charge >= 0.3 is 0 Å². The number of aromatic nitrogens is 1. The lowest BCUT2D eigenvalue weighted by Crippen LogP contribution is -2.31. The Morgan fingerprint density at radius 1 is 1.50 bits per heavy atom. The number of hydrogen-bond donors (Lipinski definition) is 1. The van der Waals surface area contributed by atoms with E-state index in [9.17, 15) is 4.39 Å². The molecule has 0 fully saturated rings. The molecule has 0 radical (unpaired) electrons. The summed E-state index contributed by atoms with van der Waals surface area (Å²) in [5.41, 5.74) is 6.33. The zero-order valence-corrected chi connectivity index (χ0v) is 8.97. The van der Waals surface area contributed by atoms with Crippen LogP contribution < -0.4 is 5.73 Å². The van der Waals surface area contributed by atoms with Crippen LogP contribution in [0.15, 0.2) is 12.3 Å². The number of rotatable bonds is 3. The van der Waals surface area contributed by atoms with Crippen LogP contribution in [0.5, 0.6) is 0 Å². The highest BCUT2D eigenvalue weighted by molar-refractivity contribution is 5.21. The van der Waals surface area contributed by atoms with Gasteiger partial charge in [0, 0.05) is 6.20 Å². The zero-order valence-electron chi connectivity index (χ0n) is 8.97. The summed E-state index contributed by atoms with van der Waals surface area (Å²) in [5, 5.41) is 0. The van der Waals surface area contributed by atoms with Gasteiger partial charge in [-0.3, -0.25) is 4.98 Å². The van der Waals surface area contributed by atoms with E-state index in [1.165, 1.54) is 6.07 Å². The van der Waals surface area contributed by atoms with Gasteiger partial charge in [-0.1, -0.05) is 13.3 Å². The first-order valence-electron chi connectivity index (χ1n) is 4.89. The fourth-order valence-electron chi connectivity index (χ4n) is 1.38. The van der Waals surface area contributed by atoms with Crippen molar-refractivity contribution in [1.29, 1.82) is 0 Å². The fraction of sp³-hybridized carbons (Fsp3) is 0.545. The average Bonchev–Trinajstić information content (AvgIpc) is 2.02. The summed E-state index contributed by atoms with van der Waals surface area (Å²) < 4.78 is 13.5. The highest BCUT2D eigenvalue weighted by Crippen LogP contribution is 2.18. The molecule has 1 aromatic rings. The Hall–Kier alpha value is -0.960. The second-order valence-corrected chi connectivity index (χ2v) is 4.15. The predicted octanol–water partition coefficient (Wildman–Crippen LogP) is 2.37. The molecule has 0 spiro atoms. The summed E-state index contributed by atoms with van der Waals surface area (Å²) in [6, 6.07) is 1.53. The summed E-state index contributed by atoms with van der Waals surface area (Å²) in [7, 11) is 0. The minimum Gasteiger partial charge on any atom is -0.320 e. The van der Waals surface area contributed by atoms with E-state index in [-0.39, 0.29) is 5.82 Å². The van der Waals surface area contributed by atoms with Crippen LogP contribution in [0.1, 0.15) is 38.4 Å². The predicted molar refractivity (Wildman–Crippen MR) is 55.4 cm³/mol. The molecule has 0 unspecified atom stereocenters. The third-order valence-corrected chi connectivity index (χ3v) is 2.05. The van der Waals surface area contributed by atoms with Crippen molar-refractivity contribution in [3.63, 3.8) is 0 Å². The SMILES string of the molecule is CCCc1cnc(C(C)(C)N)c(F)c1. The van der Waals surface area contributed by atoms with E-state index in [1.807, 2.05) is 0 Å². The Balaban J connectivity index is 3.02. The van der Waals surface area contributed by atoms with Crippen molar-refractivity contribution in [2.24, 2.45) is 5.73 Å². The first kappa shape index (κ1) is 11.1. The van der Waals surface area contributed by atoms with Crippen molar-refractivity contribution < 1.29 is 4.39 Å². The molecule has 3 heteroatoms. The quantitative estimate of drug-likeness (QED) is 0.806. The number of nitrogens with two attached hydrogens (primary N) is 1. The van der Waals surface area contributed by atoms with Crippen LogP contribution in [-0.2, 0) is 12.0 Å². The number of pyridine rings is 1. The van der Waals surface area contributed by atoms with Gasteiger partial charge < -0.3 is 5.73 Å². The number of halogens is 1. The maximum Gasteiger partial charge on any atom is 0.146 e. The highest BCUT2D eigenvalue weighted by Gasteiger charge is 2.20. The van der Waals surface area contributed by atoms with E-state index in [4.69, 9.17) is 5.73 Å². The average molecular weight is 196 g/mol. The Labute approximate surface area is 84.3 Å². The van der Waals surface area contributed by atoms with Crippen LogP contribution in [0.25, 0.3) is 0 Å². The second kappa shape index (κ2) is 4.05. The van der Waals surface area contributed by atoms with Gasteiger partial charge in [-0.15, -0.1) is 0 Å². The maximum atomic E-state index is 13.5. The summed E-state index contributed by atoms with van der Waals surface area (Å²) >= 11 is 0. The van der Waals surface area contributed by atoms with Gasteiger partial charge in [0.2, 0.25) is 0 Å². The summed E-state index contributed by atoms with van der Waals surface area (Å²) in [4.78, 5) is 4.07. The van der Waals surface area contributed by atoms with Crippen LogP contribution in [0.2, 0.25) is 0 Å². The van der Waals surface area contributed by atoms with Gasteiger partial charge in [-0.25, -0.2) is 4.39 Å². The number of hydrogen-bond acceptors (Lipinski definition) is 2. The van der Waals surface area contributed by atoms with Gasteiger partial charge in [0.1, 0.15) is 5.82 Å². The van der Waals surface area contributed by atoms with Crippen LogP contribution in [0.3, 0.4) is 0 Å². The third-order valence-electron chi connectivity index (χ3n) is 2.05. The molecule has 0 atom stereocenters. The van der Waals surface area contributed by atoms with Crippen molar-refractivity contribution in [2.45, 2.75) is 39.2 Å². The molecule has 0 saturated carbocycles. The molecule has 1 rings (SSSR count). The first-order chi connectivity index (χ1) is 6.45.